The minimum Gasteiger partial charge on any atom is -0.384 e. The topological polar surface area (TPSA) is 47.7 Å². The minimum atomic E-state index is 0.322. The monoisotopic (exact) mass is 216 g/mol. The van der Waals surface area contributed by atoms with Gasteiger partial charge >= 0.3 is 0 Å². The van der Waals surface area contributed by atoms with Gasteiger partial charge in [-0.15, -0.1) is 0 Å². The molecule has 15 heavy (non-hydrogen) atoms. The fraction of sp³-hybridized carbons (Fsp3) is 1.00. The van der Waals surface area contributed by atoms with Crippen LogP contribution < -0.4 is 5.73 Å². The van der Waals surface area contributed by atoms with Crippen LogP contribution in [0.4, 0.5) is 0 Å². The van der Waals surface area contributed by atoms with Gasteiger partial charge in [0.1, 0.15) is 0 Å². The summed E-state index contributed by atoms with van der Waals surface area (Å²) in [6.07, 6.45) is 0.322. The number of nitrogens with two attached hydrogens (primary N) is 1. The van der Waals surface area contributed by atoms with E-state index in [0.29, 0.717) is 24.6 Å². The standard InChI is InChI=1S/C11H24N2O2/c1-9(8-14-3)11(6-12)13-4-5-15-10(2)7-13/h9-11H,4-8,12H2,1-3H3. The van der Waals surface area contributed by atoms with Gasteiger partial charge in [-0.25, -0.2) is 0 Å². The van der Waals surface area contributed by atoms with Crippen molar-refractivity contribution in [3.63, 3.8) is 0 Å². The first-order chi connectivity index (χ1) is 7.19. The Bertz CT molecular complexity index is 178. The average molecular weight is 216 g/mol. The maximum Gasteiger partial charge on any atom is 0.0674 e. The molecular formula is C11H24N2O2. The highest BCUT2D eigenvalue weighted by molar-refractivity contribution is 4.81. The van der Waals surface area contributed by atoms with Gasteiger partial charge < -0.3 is 15.2 Å². The summed E-state index contributed by atoms with van der Waals surface area (Å²) in [7, 11) is 1.74. The van der Waals surface area contributed by atoms with Crippen LogP contribution in [0.25, 0.3) is 0 Å². The van der Waals surface area contributed by atoms with E-state index in [2.05, 4.69) is 18.7 Å². The van der Waals surface area contributed by atoms with Crippen LogP contribution in [0, 0.1) is 5.92 Å². The zero-order valence-electron chi connectivity index (χ0n) is 10.1. The molecule has 90 valence electrons. The second-order valence-corrected chi connectivity index (χ2v) is 4.41. The fourth-order valence-electron chi connectivity index (χ4n) is 2.26. The van der Waals surface area contributed by atoms with E-state index in [9.17, 15) is 0 Å². The SMILES string of the molecule is COCC(C)C(CN)N1CCOC(C)C1. The van der Waals surface area contributed by atoms with Crippen LogP contribution in [0.15, 0.2) is 0 Å². The molecule has 0 aromatic heterocycles. The molecule has 1 saturated heterocycles. The van der Waals surface area contributed by atoms with E-state index >= 15 is 0 Å². The molecule has 1 fully saturated rings. The number of nitrogens with zero attached hydrogens (tertiary/aromatic N) is 1. The lowest BCUT2D eigenvalue weighted by Crippen LogP contribution is -2.52. The number of hydrogen-bond acceptors (Lipinski definition) is 4. The van der Waals surface area contributed by atoms with Crippen LogP contribution in [0.3, 0.4) is 0 Å². The Kier molecular flexibility index (Phi) is 5.53. The molecule has 0 aromatic rings. The van der Waals surface area contributed by atoms with Crippen molar-refractivity contribution in [1.82, 2.24) is 4.90 Å². The van der Waals surface area contributed by atoms with Gasteiger partial charge in [0.05, 0.1) is 19.3 Å². The molecule has 4 heteroatoms. The van der Waals surface area contributed by atoms with Crippen LogP contribution in [-0.2, 0) is 9.47 Å². The number of morpholine rings is 1. The van der Waals surface area contributed by atoms with Crippen LogP contribution >= 0.6 is 0 Å². The Morgan fingerprint density at radius 1 is 1.60 bits per heavy atom. The Balaban J connectivity index is 2.48. The van der Waals surface area contributed by atoms with Crippen molar-refractivity contribution in [2.45, 2.75) is 26.0 Å². The average Bonchev–Trinajstić information content (AvgIpc) is 2.19. The highest BCUT2D eigenvalue weighted by Crippen LogP contribution is 2.15. The van der Waals surface area contributed by atoms with E-state index in [0.717, 1.165) is 26.3 Å². The van der Waals surface area contributed by atoms with Crippen molar-refractivity contribution < 1.29 is 9.47 Å². The van der Waals surface area contributed by atoms with E-state index in [1.165, 1.54) is 0 Å². The van der Waals surface area contributed by atoms with Gasteiger partial charge in [-0.3, -0.25) is 4.90 Å². The lowest BCUT2D eigenvalue weighted by molar-refractivity contribution is -0.0459. The zero-order chi connectivity index (χ0) is 11.3. The first-order valence-electron chi connectivity index (χ1n) is 5.73. The summed E-state index contributed by atoms with van der Waals surface area (Å²) in [5.74, 6) is 0.477. The van der Waals surface area contributed by atoms with Crippen LogP contribution in [0.2, 0.25) is 0 Å². The first-order valence-corrected chi connectivity index (χ1v) is 5.73. The fourth-order valence-corrected chi connectivity index (χ4v) is 2.26. The maximum atomic E-state index is 5.84. The quantitative estimate of drug-likeness (QED) is 0.719. The number of rotatable bonds is 5. The molecular weight excluding hydrogens is 192 g/mol. The number of methoxy groups -OCH3 is 1. The molecule has 0 saturated carbocycles. The molecule has 0 radical (unpaired) electrons. The molecule has 2 N–H and O–H groups in total. The summed E-state index contributed by atoms with van der Waals surface area (Å²) in [5, 5.41) is 0. The largest absolute Gasteiger partial charge is 0.384 e. The van der Waals surface area contributed by atoms with E-state index < -0.39 is 0 Å². The molecule has 1 aliphatic heterocycles. The summed E-state index contributed by atoms with van der Waals surface area (Å²) in [4.78, 5) is 2.43. The van der Waals surface area contributed by atoms with Crippen LogP contribution in [-0.4, -0.2) is 57.0 Å². The molecule has 1 rings (SSSR count). The normalized spacial score (nSPS) is 27.6. The number of ether oxygens (including phenoxy) is 2. The lowest BCUT2D eigenvalue weighted by Gasteiger charge is -2.39. The van der Waals surface area contributed by atoms with Gasteiger partial charge in [0.25, 0.3) is 0 Å². The molecule has 3 unspecified atom stereocenters. The Hall–Kier alpha value is -0.160. The maximum absolute atomic E-state index is 5.84. The van der Waals surface area contributed by atoms with Gasteiger partial charge in [0.15, 0.2) is 0 Å². The molecule has 0 spiro atoms. The van der Waals surface area contributed by atoms with Gasteiger partial charge in [0.2, 0.25) is 0 Å². The third-order valence-corrected chi connectivity index (χ3v) is 3.07. The van der Waals surface area contributed by atoms with Crippen molar-refractivity contribution in [3.05, 3.63) is 0 Å². The van der Waals surface area contributed by atoms with Crippen molar-refractivity contribution >= 4 is 0 Å². The molecule has 4 nitrogen and oxygen atoms in total. The molecule has 1 aliphatic rings. The molecule has 1 heterocycles. The summed E-state index contributed by atoms with van der Waals surface area (Å²) >= 11 is 0. The number of hydrogen-bond donors (Lipinski definition) is 1. The summed E-state index contributed by atoms with van der Waals surface area (Å²) < 4.78 is 10.7. The van der Waals surface area contributed by atoms with Gasteiger partial charge in [-0.1, -0.05) is 6.92 Å². The Morgan fingerprint density at radius 3 is 2.87 bits per heavy atom. The minimum absolute atomic E-state index is 0.322. The van der Waals surface area contributed by atoms with Crippen molar-refractivity contribution in [2.24, 2.45) is 11.7 Å². The second kappa shape index (κ2) is 6.43. The molecule has 0 bridgehead atoms. The van der Waals surface area contributed by atoms with E-state index in [1.54, 1.807) is 7.11 Å². The van der Waals surface area contributed by atoms with Crippen molar-refractivity contribution in [3.8, 4) is 0 Å². The van der Waals surface area contributed by atoms with Crippen LogP contribution in [0.5, 0.6) is 0 Å². The van der Waals surface area contributed by atoms with E-state index in [-0.39, 0.29) is 0 Å². The highest BCUT2D eigenvalue weighted by atomic mass is 16.5. The predicted octanol–water partition coefficient (Wildman–Crippen LogP) is 0.317. The lowest BCUT2D eigenvalue weighted by atomic mass is 10.0. The van der Waals surface area contributed by atoms with E-state index in [1.807, 2.05) is 0 Å². The third kappa shape index (κ3) is 3.72. The molecule has 0 aliphatic carbocycles. The van der Waals surface area contributed by atoms with Crippen molar-refractivity contribution in [2.75, 3.05) is 40.0 Å². The second-order valence-electron chi connectivity index (χ2n) is 4.41. The summed E-state index contributed by atoms with van der Waals surface area (Å²) in [6, 6.07) is 0.413. The van der Waals surface area contributed by atoms with Gasteiger partial charge in [-0.05, 0) is 12.8 Å². The third-order valence-electron chi connectivity index (χ3n) is 3.07. The summed E-state index contributed by atoms with van der Waals surface area (Å²) in [6.45, 7) is 8.56. The van der Waals surface area contributed by atoms with Crippen LogP contribution in [0.1, 0.15) is 13.8 Å². The van der Waals surface area contributed by atoms with E-state index in [4.69, 9.17) is 15.2 Å². The first kappa shape index (κ1) is 12.9. The highest BCUT2D eigenvalue weighted by Gasteiger charge is 2.27. The zero-order valence-corrected chi connectivity index (χ0v) is 10.1. The summed E-state index contributed by atoms with van der Waals surface area (Å²) in [5.41, 5.74) is 5.84. The smallest absolute Gasteiger partial charge is 0.0674 e. The van der Waals surface area contributed by atoms with Gasteiger partial charge in [-0.2, -0.15) is 0 Å². The predicted molar refractivity (Wildman–Crippen MR) is 60.9 cm³/mol. The molecule has 0 amide bonds. The van der Waals surface area contributed by atoms with Crippen molar-refractivity contribution in [1.29, 1.82) is 0 Å². The molecule has 3 atom stereocenters. The Morgan fingerprint density at radius 2 is 2.33 bits per heavy atom. The molecule has 0 aromatic carbocycles. The Labute approximate surface area is 92.7 Å². The van der Waals surface area contributed by atoms with Gasteiger partial charge in [0, 0.05) is 32.8 Å².